The van der Waals surface area contributed by atoms with Gasteiger partial charge in [0.15, 0.2) is 21.4 Å². The zero-order valence-corrected chi connectivity index (χ0v) is 18.5. The van der Waals surface area contributed by atoms with E-state index in [1.165, 1.54) is 11.0 Å². The van der Waals surface area contributed by atoms with E-state index in [1.807, 2.05) is 0 Å². The van der Waals surface area contributed by atoms with Crippen LogP contribution in [0.25, 0.3) is 0 Å². The van der Waals surface area contributed by atoms with Gasteiger partial charge >= 0.3 is 6.03 Å². The number of amides is 3. The molecule has 1 saturated carbocycles. The van der Waals surface area contributed by atoms with Gasteiger partial charge in [-0.1, -0.05) is 13.0 Å². The number of hydrogen-bond acceptors (Lipinski definition) is 6. The fourth-order valence-corrected chi connectivity index (χ4v) is 5.23. The molecule has 172 valence electrons. The maximum atomic E-state index is 14.0. The molecule has 1 N–H and O–H groups in total. The predicted molar refractivity (Wildman–Crippen MR) is 113 cm³/mol. The zero-order valence-electron chi connectivity index (χ0n) is 17.7. The highest BCUT2D eigenvalue weighted by atomic mass is 32.2. The van der Waals surface area contributed by atoms with Crippen LogP contribution in [0.5, 0.6) is 5.75 Å². The monoisotopic (exact) mass is 464 g/mol. The van der Waals surface area contributed by atoms with Crippen molar-refractivity contribution in [2.24, 2.45) is 5.92 Å². The lowest BCUT2D eigenvalue weighted by molar-refractivity contribution is -0.118. The SMILES string of the molecule is C[C@@H](CS(=O)(=O)Cc1ccc(CN2CC(=O)NC2=O)o1)c1ccc(F)c(OCC2CC2)c1. The lowest BCUT2D eigenvalue weighted by Crippen LogP contribution is -2.27. The van der Waals surface area contributed by atoms with Crippen molar-refractivity contribution in [3.8, 4) is 5.75 Å². The molecule has 1 aromatic heterocycles. The minimum absolute atomic E-state index is 0.0608. The smallest absolute Gasteiger partial charge is 0.324 e. The first kappa shape index (κ1) is 22.3. The highest BCUT2D eigenvalue weighted by Gasteiger charge is 2.28. The number of nitrogens with zero attached hydrogens (tertiary/aromatic N) is 1. The number of nitrogens with one attached hydrogen (secondary N) is 1. The van der Waals surface area contributed by atoms with E-state index >= 15 is 0 Å². The lowest BCUT2D eigenvalue weighted by atomic mass is 10.0. The normalized spacial score (nSPS) is 17.5. The molecule has 1 saturated heterocycles. The minimum atomic E-state index is -3.53. The maximum absolute atomic E-state index is 14.0. The van der Waals surface area contributed by atoms with E-state index in [2.05, 4.69) is 5.32 Å². The number of benzene rings is 1. The van der Waals surface area contributed by atoms with Gasteiger partial charge in [-0.25, -0.2) is 17.6 Å². The van der Waals surface area contributed by atoms with Crippen LogP contribution in [0.15, 0.2) is 34.7 Å². The van der Waals surface area contributed by atoms with E-state index in [4.69, 9.17) is 9.15 Å². The molecule has 1 aromatic carbocycles. The molecule has 0 spiro atoms. The average Bonchev–Trinajstić information content (AvgIpc) is 3.36. The van der Waals surface area contributed by atoms with Gasteiger partial charge in [0.05, 0.1) is 18.9 Å². The fraction of sp³-hybridized carbons (Fsp3) is 0.455. The van der Waals surface area contributed by atoms with E-state index < -0.39 is 21.7 Å². The number of ether oxygens (including phenoxy) is 1. The Kier molecular flexibility index (Phi) is 6.23. The van der Waals surface area contributed by atoms with Crippen LogP contribution in [-0.4, -0.2) is 44.2 Å². The molecule has 4 rings (SSSR count). The van der Waals surface area contributed by atoms with E-state index in [1.54, 1.807) is 31.2 Å². The fourth-order valence-electron chi connectivity index (χ4n) is 3.57. The first-order valence-corrected chi connectivity index (χ1v) is 12.3. The van der Waals surface area contributed by atoms with Crippen molar-refractivity contribution in [2.45, 2.75) is 38.0 Å². The quantitative estimate of drug-likeness (QED) is 0.542. The van der Waals surface area contributed by atoms with Crippen LogP contribution < -0.4 is 10.1 Å². The van der Waals surface area contributed by atoms with Crippen LogP contribution in [0.2, 0.25) is 0 Å². The van der Waals surface area contributed by atoms with Crippen LogP contribution in [-0.2, 0) is 26.9 Å². The Hall–Kier alpha value is -2.88. The second kappa shape index (κ2) is 8.93. The molecule has 2 aromatic rings. The van der Waals surface area contributed by atoms with Crippen molar-refractivity contribution >= 4 is 21.8 Å². The topological polar surface area (TPSA) is 106 Å². The lowest BCUT2D eigenvalue weighted by Gasteiger charge is -2.14. The molecule has 3 amide bonds. The first-order chi connectivity index (χ1) is 15.2. The van der Waals surface area contributed by atoms with Gasteiger partial charge in [0.25, 0.3) is 0 Å². The second-order valence-electron chi connectivity index (χ2n) is 8.48. The summed E-state index contributed by atoms with van der Waals surface area (Å²) in [4.78, 5) is 24.2. The molecular weight excluding hydrogens is 439 g/mol. The standard InChI is InChI=1S/C22H25FN2O6S/c1-14(16-4-7-19(23)20(8-16)30-11-15-2-3-15)12-32(28,29)13-18-6-5-17(31-18)9-25-10-21(26)24-22(25)27/h4-8,14-15H,2-3,9-13H2,1H3,(H,24,26,27)/t14-/m0/s1. The van der Waals surface area contributed by atoms with Crippen LogP contribution in [0.1, 0.15) is 42.8 Å². The molecule has 0 bridgehead atoms. The summed E-state index contributed by atoms with van der Waals surface area (Å²) >= 11 is 0. The predicted octanol–water partition coefficient (Wildman–Crippen LogP) is 2.98. The Morgan fingerprint density at radius 3 is 2.66 bits per heavy atom. The molecule has 2 heterocycles. The molecule has 8 nitrogen and oxygen atoms in total. The third-order valence-electron chi connectivity index (χ3n) is 5.49. The number of rotatable bonds is 10. The second-order valence-corrected chi connectivity index (χ2v) is 10.6. The number of halogens is 1. The number of urea groups is 1. The van der Waals surface area contributed by atoms with Gasteiger partial charge in [0.2, 0.25) is 5.91 Å². The summed E-state index contributed by atoms with van der Waals surface area (Å²) in [5.74, 6) is -0.365. The summed E-state index contributed by atoms with van der Waals surface area (Å²) in [5, 5.41) is 2.17. The number of carbonyl (C=O) groups excluding carboxylic acids is 2. The summed E-state index contributed by atoms with van der Waals surface area (Å²) in [6.45, 7) is 2.26. The van der Waals surface area contributed by atoms with Crippen molar-refractivity contribution < 1.29 is 31.6 Å². The van der Waals surface area contributed by atoms with Crippen molar-refractivity contribution in [3.05, 3.63) is 53.2 Å². The third-order valence-corrected chi connectivity index (χ3v) is 7.23. The van der Waals surface area contributed by atoms with Crippen LogP contribution in [0.3, 0.4) is 0 Å². The number of carbonyl (C=O) groups is 2. The molecule has 1 aliphatic heterocycles. The molecule has 1 aliphatic carbocycles. The Labute approximate surface area is 185 Å². The first-order valence-electron chi connectivity index (χ1n) is 10.5. The maximum Gasteiger partial charge on any atom is 0.324 e. The van der Waals surface area contributed by atoms with Crippen LogP contribution >= 0.6 is 0 Å². The Morgan fingerprint density at radius 2 is 1.97 bits per heavy atom. The molecule has 10 heteroatoms. The Balaban J connectivity index is 1.36. The van der Waals surface area contributed by atoms with Crippen molar-refractivity contribution in [1.29, 1.82) is 0 Å². The summed E-state index contributed by atoms with van der Waals surface area (Å²) < 4.78 is 50.6. The van der Waals surface area contributed by atoms with Crippen LogP contribution in [0.4, 0.5) is 9.18 Å². The average molecular weight is 465 g/mol. The van der Waals surface area contributed by atoms with Crippen LogP contribution in [0, 0.1) is 11.7 Å². The van der Waals surface area contributed by atoms with Gasteiger partial charge in [0, 0.05) is 0 Å². The van der Waals surface area contributed by atoms with Gasteiger partial charge < -0.3 is 14.1 Å². The Bertz CT molecular complexity index is 1130. The van der Waals surface area contributed by atoms with Crippen molar-refractivity contribution in [1.82, 2.24) is 10.2 Å². The zero-order chi connectivity index (χ0) is 22.9. The third kappa shape index (κ3) is 5.67. The van der Waals surface area contributed by atoms with Gasteiger partial charge in [0.1, 0.15) is 23.8 Å². The van der Waals surface area contributed by atoms with E-state index in [-0.39, 0.29) is 47.9 Å². The molecular formula is C22H25FN2O6S. The summed E-state index contributed by atoms with van der Waals surface area (Å²) in [6.07, 6.45) is 2.18. The molecule has 2 aliphatic rings. The van der Waals surface area contributed by atoms with Gasteiger partial charge in [-0.2, -0.15) is 0 Å². The minimum Gasteiger partial charge on any atom is -0.490 e. The van der Waals surface area contributed by atoms with E-state index in [0.29, 0.717) is 23.8 Å². The highest BCUT2D eigenvalue weighted by Crippen LogP contribution is 2.31. The molecule has 0 radical (unpaired) electrons. The van der Waals surface area contributed by atoms with E-state index in [9.17, 15) is 22.4 Å². The van der Waals surface area contributed by atoms with Gasteiger partial charge in [-0.05, 0) is 54.5 Å². The molecule has 1 atom stereocenters. The highest BCUT2D eigenvalue weighted by molar-refractivity contribution is 7.90. The number of sulfone groups is 1. The van der Waals surface area contributed by atoms with E-state index in [0.717, 1.165) is 12.8 Å². The van der Waals surface area contributed by atoms with Crippen molar-refractivity contribution in [2.75, 3.05) is 18.9 Å². The van der Waals surface area contributed by atoms with Gasteiger partial charge in [-0.3, -0.25) is 10.1 Å². The van der Waals surface area contributed by atoms with Crippen molar-refractivity contribution in [3.63, 3.8) is 0 Å². The summed E-state index contributed by atoms with van der Waals surface area (Å²) in [7, 11) is -3.53. The largest absolute Gasteiger partial charge is 0.490 e. The summed E-state index contributed by atoms with van der Waals surface area (Å²) in [6, 6.07) is 7.09. The Morgan fingerprint density at radius 1 is 1.22 bits per heavy atom. The molecule has 32 heavy (non-hydrogen) atoms. The number of furan rings is 1. The number of imide groups is 1. The number of hydrogen-bond donors (Lipinski definition) is 1. The summed E-state index contributed by atoms with van der Waals surface area (Å²) in [5.41, 5.74) is 0.686. The van der Waals surface area contributed by atoms with Gasteiger partial charge in [-0.15, -0.1) is 0 Å². The molecule has 2 fully saturated rings. The molecule has 0 unspecified atom stereocenters.